The molecule has 24 heteroatoms. The van der Waals surface area contributed by atoms with E-state index in [2.05, 4.69) is 0 Å². The second kappa shape index (κ2) is 74.4. The van der Waals surface area contributed by atoms with Crippen LogP contribution in [-0.4, -0.2) is 101 Å². The van der Waals surface area contributed by atoms with E-state index in [0.29, 0.717) is 0 Å². The van der Waals surface area contributed by atoms with Crippen molar-refractivity contribution < 1.29 is 170 Å². The molecule has 0 atom stereocenters. The van der Waals surface area contributed by atoms with Gasteiger partial charge in [-0.3, -0.25) is 16.8 Å². The maximum Gasteiger partial charge on any atom is 3.00 e. The average Bonchev–Trinajstić information content (AvgIpc) is 1.12. The Balaban J connectivity index is -0.00000000241. The van der Waals surface area contributed by atoms with Gasteiger partial charge in [-0.25, -0.2) is 0 Å². The van der Waals surface area contributed by atoms with Gasteiger partial charge in [-0.05, 0) is 0 Å². The molecular formula is H24CrKO20S2. The van der Waals surface area contributed by atoms with Crippen LogP contribution < -0.4 is 51.4 Å². The first-order chi connectivity index (χ1) is 4.00. The molecule has 0 bridgehead atoms. The standard InChI is InChI=1S/Cr.K.2H2O4S.12H2O/c;;2*1-5(2,3)4;;;;;;;;;;;;/h;;2*(H2,1,2,3,4);12*1H2/q+3;+1;;;;;;;;;;;;;;/p-4. The third-order valence-corrected chi connectivity index (χ3v) is 0. The smallest absolute Gasteiger partial charge is 0.759 e. The first-order valence-corrected chi connectivity index (χ1v) is 4.00. The first-order valence-electron chi connectivity index (χ1n) is 1.33. The van der Waals surface area contributed by atoms with Gasteiger partial charge in [-0.2, -0.15) is 0 Å². The predicted octanol–water partition coefficient (Wildman–Crippen LogP) is -15.6. The van der Waals surface area contributed by atoms with Crippen LogP contribution in [0.5, 0.6) is 0 Å². The van der Waals surface area contributed by atoms with E-state index < -0.39 is 20.8 Å². The Labute approximate surface area is 188 Å². The first kappa shape index (κ1) is 171. The Bertz CT molecular complexity index is 218. The minimum absolute atomic E-state index is 0. The normalized spacial score (nSPS) is 4.83. The van der Waals surface area contributed by atoms with Crippen LogP contribution in [-0.2, 0) is 38.2 Å². The van der Waals surface area contributed by atoms with Gasteiger partial charge in [0.05, 0.1) is 0 Å². The van der Waals surface area contributed by atoms with Crippen molar-refractivity contribution in [3.8, 4) is 0 Å². The SMILES string of the molecule is O.O.O.O.O.O.O.O.O.O.O.O.O=S(=O)([O-])[O-].O=S(=O)([O-])[O-].[Cr+3].[K+]. The van der Waals surface area contributed by atoms with Crippen LogP contribution in [0.3, 0.4) is 0 Å². The van der Waals surface area contributed by atoms with Gasteiger partial charge in [0.25, 0.3) is 0 Å². The van der Waals surface area contributed by atoms with Crippen molar-refractivity contribution in [2.24, 2.45) is 0 Å². The fraction of sp³-hybridized carbons (Fsp3) is 0. The fourth-order valence-corrected chi connectivity index (χ4v) is 0. The summed E-state index contributed by atoms with van der Waals surface area (Å²) in [6, 6.07) is 0. The summed E-state index contributed by atoms with van der Waals surface area (Å²) in [5, 5.41) is 0. The fourth-order valence-electron chi connectivity index (χ4n) is 0. The summed E-state index contributed by atoms with van der Waals surface area (Å²) in [6.45, 7) is 0. The molecular weight excluding hydrogens is 475 g/mol. The zero-order valence-electron chi connectivity index (χ0n) is 11.5. The van der Waals surface area contributed by atoms with Gasteiger partial charge >= 0.3 is 68.7 Å². The molecule has 20 nitrogen and oxygen atoms in total. The summed E-state index contributed by atoms with van der Waals surface area (Å²) in [6.07, 6.45) is 0. The summed E-state index contributed by atoms with van der Waals surface area (Å²) in [5.41, 5.74) is 0. The summed E-state index contributed by atoms with van der Waals surface area (Å²) in [7, 11) is -10.3. The molecule has 24 N–H and O–H groups in total. The molecule has 0 aromatic rings. The second-order valence-corrected chi connectivity index (χ2v) is 2.45. The van der Waals surface area contributed by atoms with Crippen molar-refractivity contribution in [2.75, 3.05) is 0 Å². The van der Waals surface area contributed by atoms with E-state index >= 15 is 0 Å². The minimum atomic E-state index is -5.17. The van der Waals surface area contributed by atoms with E-state index in [1.54, 1.807) is 0 Å². The van der Waals surface area contributed by atoms with Gasteiger partial charge in [0.15, 0.2) is 0 Å². The average molecular weight is 499 g/mol. The maximum absolute atomic E-state index is 8.52. The molecule has 0 unspecified atom stereocenters. The zero-order chi connectivity index (χ0) is 9.00. The van der Waals surface area contributed by atoms with Crippen LogP contribution in [0.1, 0.15) is 0 Å². The van der Waals surface area contributed by atoms with E-state index in [-0.39, 0.29) is 134 Å². The van der Waals surface area contributed by atoms with Crippen molar-refractivity contribution in [2.45, 2.75) is 0 Å². The van der Waals surface area contributed by atoms with E-state index in [0.717, 1.165) is 0 Å². The molecule has 0 aliphatic heterocycles. The molecule has 0 saturated carbocycles. The van der Waals surface area contributed by atoms with Crippen LogP contribution in [0, 0.1) is 0 Å². The Morgan fingerprint density at radius 1 is 0.375 bits per heavy atom. The van der Waals surface area contributed by atoms with Gasteiger partial charge in [0, 0.05) is 20.8 Å². The van der Waals surface area contributed by atoms with Crippen molar-refractivity contribution in [3.63, 3.8) is 0 Å². The van der Waals surface area contributed by atoms with Gasteiger partial charge in [0.2, 0.25) is 0 Å². The maximum atomic E-state index is 8.52. The summed E-state index contributed by atoms with van der Waals surface area (Å²) >= 11 is 0. The summed E-state index contributed by atoms with van der Waals surface area (Å²) < 4.78 is 68.2. The molecule has 0 aromatic carbocycles. The molecule has 24 heavy (non-hydrogen) atoms. The Morgan fingerprint density at radius 2 is 0.375 bits per heavy atom. The largest absolute Gasteiger partial charge is 3.00 e. The molecule has 0 rings (SSSR count). The van der Waals surface area contributed by atoms with Crippen molar-refractivity contribution >= 4 is 20.8 Å². The van der Waals surface area contributed by atoms with E-state index in [1.807, 2.05) is 0 Å². The molecule has 1 radical (unpaired) electrons. The topological polar surface area (TPSA) is 539 Å². The quantitative estimate of drug-likeness (QED) is 0.174. The number of rotatable bonds is 0. The molecule has 163 valence electrons. The van der Waals surface area contributed by atoms with Crippen molar-refractivity contribution in [3.05, 3.63) is 0 Å². The van der Waals surface area contributed by atoms with E-state index in [9.17, 15) is 0 Å². The van der Waals surface area contributed by atoms with E-state index in [4.69, 9.17) is 35.0 Å². The second-order valence-electron chi connectivity index (χ2n) is 0.816. The monoisotopic (exact) mass is 499 g/mol. The van der Waals surface area contributed by atoms with Gasteiger partial charge in [-0.15, -0.1) is 0 Å². The molecule has 0 amide bonds. The molecule has 0 spiro atoms. The Hall–Kier alpha value is 1.43. The molecule has 0 aliphatic rings. The third-order valence-electron chi connectivity index (χ3n) is 0. The number of hydrogen-bond acceptors (Lipinski definition) is 8. The zero-order valence-corrected chi connectivity index (χ0v) is 17.5. The van der Waals surface area contributed by atoms with Crippen LogP contribution in [0.2, 0.25) is 0 Å². The van der Waals surface area contributed by atoms with Crippen LogP contribution in [0.4, 0.5) is 0 Å². The third kappa shape index (κ3) is 5770. The molecule has 0 aromatic heterocycles. The predicted molar refractivity (Wildman–Crippen MR) is 64.3 cm³/mol. The molecule has 0 heterocycles. The van der Waals surface area contributed by atoms with Gasteiger partial charge in [-0.1, -0.05) is 0 Å². The molecule has 0 aliphatic carbocycles. The summed E-state index contributed by atoms with van der Waals surface area (Å²) in [4.78, 5) is 0. The number of hydrogen-bond donors (Lipinski definition) is 0. The van der Waals surface area contributed by atoms with Crippen molar-refractivity contribution in [1.29, 1.82) is 0 Å². The Morgan fingerprint density at radius 3 is 0.375 bits per heavy atom. The van der Waals surface area contributed by atoms with Crippen molar-refractivity contribution in [1.82, 2.24) is 0 Å². The van der Waals surface area contributed by atoms with E-state index in [1.165, 1.54) is 0 Å². The summed E-state index contributed by atoms with van der Waals surface area (Å²) in [5.74, 6) is 0. The van der Waals surface area contributed by atoms with Gasteiger partial charge < -0.3 is 83.9 Å². The molecule has 0 saturated heterocycles. The van der Waals surface area contributed by atoms with Crippen LogP contribution in [0.25, 0.3) is 0 Å². The Kier molecular flexibility index (Phi) is 529. The van der Waals surface area contributed by atoms with Gasteiger partial charge in [0.1, 0.15) is 0 Å². The van der Waals surface area contributed by atoms with Crippen LogP contribution >= 0.6 is 0 Å². The molecule has 0 fully saturated rings. The minimum Gasteiger partial charge on any atom is -0.759 e. The van der Waals surface area contributed by atoms with Crippen LogP contribution in [0.15, 0.2) is 0 Å².